The number of carbonyl (C=O) groups is 2. The molecular weight excluding hydrogens is 438 g/mol. The van der Waals surface area contributed by atoms with Gasteiger partial charge in [0.05, 0.1) is 23.9 Å². The Bertz CT molecular complexity index is 1270. The van der Waals surface area contributed by atoms with Gasteiger partial charge in [-0.25, -0.2) is 4.79 Å². The van der Waals surface area contributed by atoms with Crippen LogP contribution < -0.4 is 10.1 Å². The number of ether oxygens (including phenoxy) is 1. The standard InChI is InChI=1S/C29H27N3O3/c1-2-16-32-25-19-31(18-21-10-5-3-6-11-21)28(33)26(25)27(30-29(32)34)23-14-9-15-24(17-23)35-20-22-12-7-4-8-13-22/h2-15,17,27H,1,16,18-20H2,(H,30,34). The third kappa shape index (κ3) is 4.68. The van der Waals surface area contributed by atoms with Crippen LogP contribution >= 0.6 is 0 Å². The third-order valence-electron chi connectivity index (χ3n) is 6.26. The molecule has 0 saturated carbocycles. The van der Waals surface area contributed by atoms with E-state index in [2.05, 4.69) is 11.9 Å². The molecule has 0 spiro atoms. The molecule has 1 atom stereocenters. The fraction of sp³-hybridized carbons (Fsp3) is 0.172. The van der Waals surface area contributed by atoms with Crippen LogP contribution in [0, 0.1) is 0 Å². The van der Waals surface area contributed by atoms with E-state index in [1.807, 2.05) is 84.9 Å². The van der Waals surface area contributed by atoms with Crippen LogP contribution in [-0.2, 0) is 17.9 Å². The first-order chi connectivity index (χ1) is 17.1. The quantitative estimate of drug-likeness (QED) is 0.486. The van der Waals surface area contributed by atoms with Gasteiger partial charge >= 0.3 is 6.03 Å². The van der Waals surface area contributed by atoms with E-state index in [4.69, 9.17) is 4.74 Å². The van der Waals surface area contributed by atoms with Crippen molar-refractivity contribution in [3.05, 3.63) is 126 Å². The van der Waals surface area contributed by atoms with E-state index in [9.17, 15) is 9.59 Å². The molecule has 1 unspecified atom stereocenters. The number of carbonyl (C=O) groups excluding carboxylic acids is 2. The summed E-state index contributed by atoms with van der Waals surface area (Å²) in [7, 11) is 0. The van der Waals surface area contributed by atoms with Crippen molar-refractivity contribution in [2.24, 2.45) is 0 Å². The lowest BCUT2D eigenvalue weighted by Gasteiger charge is -2.33. The lowest BCUT2D eigenvalue weighted by Crippen LogP contribution is -2.47. The first-order valence-electron chi connectivity index (χ1n) is 11.7. The van der Waals surface area contributed by atoms with Gasteiger partial charge in [-0.3, -0.25) is 9.69 Å². The summed E-state index contributed by atoms with van der Waals surface area (Å²) in [5, 5.41) is 3.03. The number of hydrogen-bond acceptors (Lipinski definition) is 3. The minimum Gasteiger partial charge on any atom is -0.489 e. The highest BCUT2D eigenvalue weighted by Gasteiger charge is 2.43. The number of amides is 3. The number of urea groups is 1. The number of hydrogen-bond donors (Lipinski definition) is 1. The second kappa shape index (κ2) is 9.89. The van der Waals surface area contributed by atoms with Crippen molar-refractivity contribution in [2.45, 2.75) is 19.2 Å². The zero-order chi connectivity index (χ0) is 24.2. The largest absolute Gasteiger partial charge is 0.489 e. The average Bonchev–Trinajstić information content (AvgIpc) is 3.21. The molecular formula is C29H27N3O3. The molecule has 6 nitrogen and oxygen atoms in total. The van der Waals surface area contributed by atoms with Crippen molar-refractivity contribution in [1.29, 1.82) is 0 Å². The van der Waals surface area contributed by atoms with E-state index in [0.717, 1.165) is 22.4 Å². The number of nitrogens with zero attached hydrogens (tertiary/aromatic N) is 2. The molecule has 0 saturated heterocycles. The molecule has 5 rings (SSSR count). The highest BCUT2D eigenvalue weighted by molar-refractivity contribution is 6.01. The second-order valence-corrected chi connectivity index (χ2v) is 8.64. The predicted octanol–water partition coefficient (Wildman–Crippen LogP) is 4.81. The van der Waals surface area contributed by atoms with E-state index in [0.29, 0.717) is 37.6 Å². The van der Waals surface area contributed by atoms with Crippen LogP contribution in [0.3, 0.4) is 0 Å². The van der Waals surface area contributed by atoms with Crippen LogP contribution in [0.25, 0.3) is 0 Å². The van der Waals surface area contributed by atoms with E-state index >= 15 is 0 Å². The highest BCUT2D eigenvalue weighted by Crippen LogP contribution is 2.37. The highest BCUT2D eigenvalue weighted by atomic mass is 16.5. The Morgan fingerprint density at radius 3 is 2.37 bits per heavy atom. The first kappa shape index (κ1) is 22.5. The van der Waals surface area contributed by atoms with Crippen LogP contribution in [0.5, 0.6) is 5.75 Å². The van der Waals surface area contributed by atoms with Gasteiger partial charge < -0.3 is 15.0 Å². The van der Waals surface area contributed by atoms with Gasteiger partial charge in [-0.05, 0) is 28.8 Å². The fourth-order valence-corrected chi connectivity index (χ4v) is 4.58. The Morgan fingerprint density at radius 1 is 0.943 bits per heavy atom. The first-order valence-corrected chi connectivity index (χ1v) is 11.7. The van der Waals surface area contributed by atoms with Crippen molar-refractivity contribution in [3.8, 4) is 5.75 Å². The van der Waals surface area contributed by atoms with Crippen LogP contribution in [0.15, 0.2) is 109 Å². The van der Waals surface area contributed by atoms with E-state index in [1.165, 1.54) is 0 Å². The normalized spacial score (nSPS) is 17.3. The molecule has 0 fully saturated rings. The summed E-state index contributed by atoms with van der Waals surface area (Å²) < 4.78 is 6.00. The molecule has 2 aliphatic rings. The van der Waals surface area contributed by atoms with Crippen molar-refractivity contribution >= 4 is 11.9 Å². The topological polar surface area (TPSA) is 61.9 Å². The summed E-state index contributed by atoms with van der Waals surface area (Å²) in [6, 6.07) is 26.6. The summed E-state index contributed by atoms with van der Waals surface area (Å²) in [4.78, 5) is 30.1. The molecule has 0 radical (unpaired) electrons. The summed E-state index contributed by atoms with van der Waals surface area (Å²) in [6.45, 7) is 5.42. The molecule has 6 heteroatoms. The Hall–Kier alpha value is -4.32. The molecule has 2 heterocycles. The van der Waals surface area contributed by atoms with Gasteiger partial charge in [0.25, 0.3) is 5.91 Å². The van der Waals surface area contributed by atoms with Crippen LogP contribution in [0.4, 0.5) is 4.79 Å². The lowest BCUT2D eigenvalue weighted by atomic mass is 9.95. The molecule has 0 aromatic heterocycles. The van der Waals surface area contributed by atoms with E-state index < -0.39 is 6.04 Å². The summed E-state index contributed by atoms with van der Waals surface area (Å²) >= 11 is 0. The van der Waals surface area contributed by atoms with Gasteiger partial charge in [0, 0.05) is 13.1 Å². The molecule has 3 amide bonds. The summed E-state index contributed by atoms with van der Waals surface area (Å²) in [5.74, 6) is 0.612. The predicted molar refractivity (Wildman–Crippen MR) is 134 cm³/mol. The van der Waals surface area contributed by atoms with Crippen molar-refractivity contribution in [3.63, 3.8) is 0 Å². The minimum absolute atomic E-state index is 0.0708. The van der Waals surface area contributed by atoms with Gasteiger partial charge in [-0.2, -0.15) is 0 Å². The second-order valence-electron chi connectivity index (χ2n) is 8.64. The number of nitrogens with one attached hydrogen (secondary N) is 1. The fourth-order valence-electron chi connectivity index (χ4n) is 4.58. The van der Waals surface area contributed by atoms with Crippen molar-refractivity contribution < 1.29 is 14.3 Å². The van der Waals surface area contributed by atoms with Crippen LogP contribution in [0.1, 0.15) is 22.7 Å². The molecule has 176 valence electrons. The Morgan fingerprint density at radius 2 is 1.66 bits per heavy atom. The Balaban J connectivity index is 1.43. The van der Waals surface area contributed by atoms with Gasteiger partial charge in [0.2, 0.25) is 0 Å². The molecule has 35 heavy (non-hydrogen) atoms. The molecule has 0 aliphatic carbocycles. The van der Waals surface area contributed by atoms with Gasteiger partial charge in [0.1, 0.15) is 12.4 Å². The zero-order valence-electron chi connectivity index (χ0n) is 19.4. The van der Waals surface area contributed by atoms with Crippen molar-refractivity contribution in [2.75, 3.05) is 13.1 Å². The lowest BCUT2D eigenvalue weighted by molar-refractivity contribution is -0.126. The molecule has 3 aromatic carbocycles. The maximum atomic E-state index is 13.6. The zero-order valence-corrected chi connectivity index (χ0v) is 19.4. The average molecular weight is 466 g/mol. The smallest absolute Gasteiger partial charge is 0.322 e. The third-order valence-corrected chi connectivity index (χ3v) is 6.26. The molecule has 2 aliphatic heterocycles. The monoisotopic (exact) mass is 465 g/mol. The van der Waals surface area contributed by atoms with Gasteiger partial charge in [-0.1, -0.05) is 78.9 Å². The van der Waals surface area contributed by atoms with E-state index in [1.54, 1.807) is 15.9 Å². The maximum Gasteiger partial charge on any atom is 0.322 e. The molecule has 0 bridgehead atoms. The molecule has 1 N–H and O–H groups in total. The SMILES string of the molecule is C=CCN1C(=O)NC(c2cccc(OCc3ccccc3)c2)C2=C1CN(Cc1ccccc1)C2=O. The van der Waals surface area contributed by atoms with Crippen LogP contribution in [-0.4, -0.2) is 34.8 Å². The summed E-state index contributed by atoms with van der Waals surface area (Å²) in [5.41, 5.74) is 4.25. The maximum absolute atomic E-state index is 13.6. The van der Waals surface area contributed by atoms with E-state index in [-0.39, 0.29) is 11.9 Å². The number of rotatable bonds is 8. The minimum atomic E-state index is -0.549. The van der Waals surface area contributed by atoms with Gasteiger partial charge in [0.15, 0.2) is 0 Å². The summed E-state index contributed by atoms with van der Waals surface area (Å²) in [6.07, 6.45) is 1.67. The van der Waals surface area contributed by atoms with Gasteiger partial charge in [-0.15, -0.1) is 6.58 Å². The Kier molecular flexibility index (Phi) is 6.35. The van der Waals surface area contributed by atoms with Crippen LogP contribution in [0.2, 0.25) is 0 Å². The number of benzene rings is 3. The van der Waals surface area contributed by atoms with Crippen molar-refractivity contribution in [1.82, 2.24) is 15.1 Å². The molecule has 3 aromatic rings. The Labute approximate surface area is 205 Å².